The molecule has 0 fully saturated rings. The Morgan fingerprint density at radius 2 is 1.93 bits per heavy atom. The summed E-state index contributed by atoms with van der Waals surface area (Å²) in [4.78, 5) is 10.8. The molecule has 3 N–H and O–H groups in total. The molecule has 0 aliphatic carbocycles. The van der Waals surface area contributed by atoms with E-state index in [0.717, 1.165) is 6.07 Å². The van der Waals surface area contributed by atoms with Crippen molar-refractivity contribution >= 4 is 11.7 Å². The van der Waals surface area contributed by atoms with E-state index < -0.39 is 11.8 Å². The molecule has 0 aliphatic rings. The van der Waals surface area contributed by atoms with E-state index in [0.29, 0.717) is 0 Å². The van der Waals surface area contributed by atoms with E-state index in [9.17, 15) is 9.18 Å². The maximum atomic E-state index is 13.3. The van der Waals surface area contributed by atoms with Crippen molar-refractivity contribution in [2.45, 2.75) is 0 Å². The minimum atomic E-state index is -1.30. The number of methoxy groups -OCH3 is 2. The van der Waals surface area contributed by atoms with E-state index in [-0.39, 0.29) is 22.7 Å². The fourth-order valence-electron chi connectivity index (χ4n) is 1.23. The van der Waals surface area contributed by atoms with E-state index in [1.807, 2.05) is 0 Å². The number of carboxylic acid groups (broad SMARTS) is 1. The van der Waals surface area contributed by atoms with Gasteiger partial charge in [-0.15, -0.1) is 0 Å². The number of hydrogen-bond donors (Lipinski definition) is 2. The molecule has 1 aromatic carbocycles. The third kappa shape index (κ3) is 1.78. The van der Waals surface area contributed by atoms with E-state index in [2.05, 4.69) is 0 Å². The Morgan fingerprint density at radius 3 is 2.33 bits per heavy atom. The van der Waals surface area contributed by atoms with Crippen LogP contribution in [0, 0.1) is 5.82 Å². The molecular formula is C9H10FNO4. The van der Waals surface area contributed by atoms with Gasteiger partial charge in [-0.25, -0.2) is 9.18 Å². The second kappa shape index (κ2) is 4.04. The van der Waals surface area contributed by atoms with Crippen LogP contribution in [0.5, 0.6) is 11.5 Å². The van der Waals surface area contributed by atoms with Gasteiger partial charge in [0, 0.05) is 6.07 Å². The number of benzene rings is 1. The second-order valence-electron chi connectivity index (χ2n) is 2.69. The van der Waals surface area contributed by atoms with Crippen molar-refractivity contribution in [3.05, 3.63) is 17.4 Å². The lowest BCUT2D eigenvalue weighted by molar-refractivity contribution is 0.0693. The molecule has 82 valence electrons. The van der Waals surface area contributed by atoms with Gasteiger partial charge in [0.15, 0.2) is 17.3 Å². The molecule has 5 nitrogen and oxygen atoms in total. The fraction of sp³-hybridized carbons (Fsp3) is 0.222. The smallest absolute Gasteiger partial charge is 0.341 e. The summed E-state index contributed by atoms with van der Waals surface area (Å²) in [7, 11) is 2.42. The van der Waals surface area contributed by atoms with Gasteiger partial charge in [0.1, 0.15) is 5.56 Å². The molecule has 0 unspecified atom stereocenters. The summed E-state index contributed by atoms with van der Waals surface area (Å²) in [6.45, 7) is 0. The normalized spacial score (nSPS) is 9.80. The Bertz CT molecular complexity index is 406. The number of carboxylic acids is 1. The molecule has 15 heavy (non-hydrogen) atoms. The predicted molar refractivity (Wildman–Crippen MR) is 50.9 cm³/mol. The van der Waals surface area contributed by atoms with Crippen LogP contribution in [0.25, 0.3) is 0 Å². The van der Waals surface area contributed by atoms with Crippen molar-refractivity contribution < 1.29 is 23.8 Å². The van der Waals surface area contributed by atoms with E-state index in [1.54, 1.807) is 0 Å². The molecule has 0 heterocycles. The minimum Gasteiger partial charge on any atom is -0.492 e. The number of carbonyl (C=O) groups is 1. The van der Waals surface area contributed by atoms with Crippen LogP contribution < -0.4 is 15.2 Å². The molecule has 1 rings (SSSR count). The van der Waals surface area contributed by atoms with Gasteiger partial charge >= 0.3 is 5.97 Å². The summed E-state index contributed by atoms with van der Waals surface area (Å²) in [6.07, 6.45) is 0. The SMILES string of the molecule is COc1c(F)cc(N)c(C(=O)O)c1OC. The standard InChI is InChI=1S/C9H10FNO4/c1-14-7-4(10)3-5(11)6(9(12)13)8(7)15-2/h3H,11H2,1-2H3,(H,12,13). The molecule has 0 amide bonds. The van der Waals surface area contributed by atoms with Crippen molar-refractivity contribution in [3.8, 4) is 11.5 Å². The zero-order valence-electron chi connectivity index (χ0n) is 8.20. The highest BCUT2D eigenvalue weighted by atomic mass is 19.1. The number of nitrogens with two attached hydrogens (primary N) is 1. The molecular weight excluding hydrogens is 205 g/mol. The van der Waals surface area contributed by atoms with Crippen LogP contribution >= 0.6 is 0 Å². The number of aromatic carboxylic acids is 1. The predicted octanol–water partition coefficient (Wildman–Crippen LogP) is 1.12. The number of hydrogen-bond acceptors (Lipinski definition) is 4. The van der Waals surface area contributed by atoms with Crippen molar-refractivity contribution in [2.24, 2.45) is 0 Å². The number of anilines is 1. The monoisotopic (exact) mass is 215 g/mol. The summed E-state index contributed by atoms with van der Waals surface area (Å²) in [5, 5.41) is 8.85. The average molecular weight is 215 g/mol. The van der Waals surface area contributed by atoms with Crippen LogP contribution in [0.1, 0.15) is 10.4 Å². The minimum absolute atomic E-state index is 0.211. The quantitative estimate of drug-likeness (QED) is 0.738. The zero-order chi connectivity index (χ0) is 11.6. The highest BCUT2D eigenvalue weighted by Crippen LogP contribution is 2.37. The van der Waals surface area contributed by atoms with E-state index in [4.69, 9.17) is 20.3 Å². The largest absolute Gasteiger partial charge is 0.492 e. The van der Waals surface area contributed by atoms with Gasteiger partial charge in [-0.1, -0.05) is 0 Å². The summed E-state index contributed by atoms with van der Waals surface area (Å²) in [5.74, 6) is -2.56. The highest BCUT2D eigenvalue weighted by molar-refractivity contribution is 5.98. The maximum absolute atomic E-state index is 13.3. The second-order valence-corrected chi connectivity index (χ2v) is 2.69. The van der Waals surface area contributed by atoms with Gasteiger partial charge in [0.25, 0.3) is 0 Å². The number of ether oxygens (including phenoxy) is 2. The van der Waals surface area contributed by atoms with Gasteiger partial charge in [0.2, 0.25) is 0 Å². The van der Waals surface area contributed by atoms with Crippen LogP contribution in [-0.4, -0.2) is 25.3 Å². The molecule has 1 aromatic rings. The lowest BCUT2D eigenvalue weighted by atomic mass is 10.1. The first-order valence-corrected chi connectivity index (χ1v) is 3.96. The topological polar surface area (TPSA) is 81.8 Å². The average Bonchev–Trinajstić information content (AvgIpc) is 2.15. The highest BCUT2D eigenvalue weighted by Gasteiger charge is 2.23. The van der Waals surface area contributed by atoms with Gasteiger partial charge in [-0.05, 0) is 0 Å². The number of rotatable bonds is 3. The lowest BCUT2D eigenvalue weighted by Gasteiger charge is -2.12. The van der Waals surface area contributed by atoms with Crippen LogP contribution in [0.4, 0.5) is 10.1 Å². The fourth-order valence-corrected chi connectivity index (χ4v) is 1.23. The third-order valence-corrected chi connectivity index (χ3v) is 1.84. The van der Waals surface area contributed by atoms with Crippen LogP contribution in [0.2, 0.25) is 0 Å². The van der Waals surface area contributed by atoms with Gasteiger partial charge in [-0.3, -0.25) is 0 Å². The van der Waals surface area contributed by atoms with Gasteiger partial charge < -0.3 is 20.3 Å². The Kier molecular flexibility index (Phi) is 2.99. The van der Waals surface area contributed by atoms with Crippen molar-refractivity contribution in [1.82, 2.24) is 0 Å². The first-order valence-electron chi connectivity index (χ1n) is 3.96. The van der Waals surface area contributed by atoms with Crippen molar-refractivity contribution in [3.63, 3.8) is 0 Å². The van der Waals surface area contributed by atoms with E-state index >= 15 is 0 Å². The Hall–Kier alpha value is -1.98. The molecule has 0 aliphatic heterocycles. The number of nitrogen functional groups attached to an aromatic ring is 1. The van der Waals surface area contributed by atoms with Crippen LogP contribution in [0.15, 0.2) is 6.07 Å². The number of halogens is 1. The van der Waals surface area contributed by atoms with Crippen LogP contribution in [0.3, 0.4) is 0 Å². The molecule has 6 heteroatoms. The maximum Gasteiger partial charge on any atom is 0.341 e. The lowest BCUT2D eigenvalue weighted by Crippen LogP contribution is -2.08. The molecule has 0 bridgehead atoms. The summed E-state index contributed by atoms with van der Waals surface area (Å²) >= 11 is 0. The zero-order valence-corrected chi connectivity index (χ0v) is 8.20. The summed E-state index contributed by atoms with van der Waals surface area (Å²) in [5.41, 5.74) is 4.85. The molecule has 0 atom stereocenters. The molecule has 0 saturated carbocycles. The van der Waals surface area contributed by atoms with E-state index in [1.165, 1.54) is 14.2 Å². The molecule has 0 radical (unpaired) electrons. The molecule has 0 spiro atoms. The Labute approximate surface area is 85.2 Å². The first kappa shape index (κ1) is 11.1. The van der Waals surface area contributed by atoms with Crippen LogP contribution in [-0.2, 0) is 0 Å². The summed E-state index contributed by atoms with van der Waals surface area (Å²) < 4.78 is 22.7. The van der Waals surface area contributed by atoms with Gasteiger partial charge in [-0.2, -0.15) is 0 Å². The van der Waals surface area contributed by atoms with Crippen molar-refractivity contribution in [1.29, 1.82) is 0 Å². The Balaban J connectivity index is 3.56. The van der Waals surface area contributed by atoms with Crippen molar-refractivity contribution in [2.75, 3.05) is 20.0 Å². The third-order valence-electron chi connectivity index (χ3n) is 1.84. The van der Waals surface area contributed by atoms with Gasteiger partial charge in [0.05, 0.1) is 19.9 Å². The summed E-state index contributed by atoms with van der Waals surface area (Å²) in [6, 6.07) is 0.880. The first-order chi connectivity index (χ1) is 7.02. The molecule has 0 saturated heterocycles. The Morgan fingerprint density at radius 1 is 1.40 bits per heavy atom. The molecule has 0 aromatic heterocycles.